The van der Waals surface area contributed by atoms with E-state index in [0.29, 0.717) is 16.7 Å². The van der Waals surface area contributed by atoms with Crippen LogP contribution in [0.2, 0.25) is 0 Å². The van der Waals surface area contributed by atoms with Gasteiger partial charge in [0.1, 0.15) is 11.5 Å². The third-order valence-electron chi connectivity index (χ3n) is 6.99. The molecule has 1 aliphatic carbocycles. The first-order valence-corrected chi connectivity index (χ1v) is 12.3. The van der Waals surface area contributed by atoms with Gasteiger partial charge in [-0.3, -0.25) is 9.30 Å². The Labute approximate surface area is 204 Å². The van der Waals surface area contributed by atoms with Crippen molar-refractivity contribution in [3.63, 3.8) is 0 Å². The maximum atomic E-state index is 15.6. The lowest BCUT2D eigenvalue weighted by molar-refractivity contribution is -0.0311. The molecule has 5 nitrogen and oxygen atoms in total. The van der Waals surface area contributed by atoms with Gasteiger partial charge >= 0.3 is 0 Å². The van der Waals surface area contributed by atoms with Crippen molar-refractivity contribution in [1.82, 2.24) is 19.3 Å². The minimum absolute atomic E-state index is 0.00579. The van der Waals surface area contributed by atoms with E-state index >= 15 is 4.39 Å². The molecule has 1 aliphatic heterocycles. The van der Waals surface area contributed by atoms with Crippen LogP contribution in [0.15, 0.2) is 53.0 Å². The molecule has 4 aromatic rings. The third-order valence-corrected chi connectivity index (χ3v) is 7.48. The molecule has 1 fully saturated rings. The van der Waals surface area contributed by atoms with E-state index in [9.17, 15) is 9.50 Å². The molecule has 2 aliphatic rings. The predicted molar refractivity (Wildman–Crippen MR) is 128 cm³/mol. The van der Waals surface area contributed by atoms with Crippen LogP contribution in [0.4, 0.5) is 8.78 Å². The van der Waals surface area contributed by atoms with Gasteiger partial charge in [0.25, 0.3) is 0 Å². The van der Waals surface area contributed by atoms with Crippen LogP contribution in [0.3, 0.4) is 0 Å². The molecule has 2 aromatic carbocycles. The van der Waals surface area contributed by atoms with Crippen LogP contribution < -0.4 is 0 Å². The summed E-state index contributed by atoms with van der Waals surface area (Å²) in [6.07, 6.45) is 1.74. The second-order valence-corrected chi connectivity index (χ2v) is 10.0. The monoisotopic (exact) mass is 524 g/mol. The van der Waals surface area contributed by atoms with Crippen molar-refractivity contribution >= 4 is 21.7 Å². The van der Waals surface area contributed by atoms with Crippen LogP contribution in [0.1, 0.15) is 60.5 Å². The summed E-state index contributed by atoms with van der Waals surface area (Å²) in [7, 11) is 0. The van der Waals surface area contributed by atoms with Crippen LogP contribution in [-0.4, -0.2) is 30.9 Å². The Morgan fingerprint density at radius 2 is 1.88 bits per heavy atom. The van der Waals surface area contributed by atoms with E-state index in [1.165, 1.54) is 27.7 Å². The predicted octanol–water partition coefficient (Wildman–Crippen LogP) is 5.92. The number of aliphatic hydroxyl groups excluding tert-OH is 1. The fourth-order valence-electron chi connectivity index (χ4n) is 5.02. The zero-order valence-corrected chi connectivity index (χ0v) is 20.1. The van der Waals surface area contributed by atoms with Crippen molar-refractivity contribution in [2.75, 3.05) is 6.54 Å². The minimum atomic E-state index is -0.960. The molecule has 34 heavy (non-hydrogen) atoms. The Balaban J connectivity index is 1.44. The largest absolute Gasteiger partial charge is 0.372 e. The molecule has 1 N–H and O–H groups in total. The molecular formula is C26H23BrF2N4O. The molecule has 174 valence electrons. The summed E-state index contributed by atoms with van der Waals surface area (Å²) in [6.45, 7) is 2.76. The molecule has 3 heterocycles. The first kappa shape index (κ1) is 21.8. The zero-order valence-electron chi connectivity index (χ0n) is 18.5. The van der Waals surface area contributed by atoms with E-state index in [4.69, 9.17) is 0 Å². The molecule has 2 aromatic heterocycles. The van der Waals surface area contributed by atoms with E-state index in [1.54, 1.807) is 12.1 Å². The summed E-state index contributed by atoms with van der Waals surface area (Å²) in [5.41, 5.74) is 3.64. The third kappa shape index (κ3) is 3.56. The molecule has 0 spiro atoms. The first-order chi connectivity index (χ1) is 16.4. The van der Waals surface area contributed by atoms with Gasteiger partial charge in [0, 0.05) is 28.3 Å². The number of fused-ring (bicyclic) bond motifs is 2. The maximum Gasteiger partial charge on any atom is 0.237 e. The second kappa shape index (κ2) is 8.22. The van der Waals surface area contributed by atoms with E-state index < -0.39 is 18.0 Å². The lowest BCUT2D eigenvalue weighted by Gasteiger charge is -2.38. The molecule has 0 radical (unpaired) electrons. The average molecular weight is 525 g/mol. The molecule has 8 heteroatoms. The molecule has 2 atom stereocenters. The van der Waals surface area contributed by atoms with E-state index in [2.05, 4.69) is 45.0 Å². The van der Waals surface area contributed by atoms with Gasteiger partial charge in [-0.1, -0.05) is 40.2 Å². The van der Waals surface area contributed by atoms with Gasteiger partial charge in [0.15, 0.2) is 6.23 Å². The number of imidazole rings is 1. The van der Waals surface area contributed by atoms with Gasteiger partial charge in [0.2, 0.25) is 11.7 Å². The highest BCUT2D eigenvalue weighted by Gasteiger charge is 2.34. The van der Waals surface area contributed by atoms with Crippen molar-refractivity contribution in [2.24, 2.45) is 0 Å². The number of aliphatic hydroxyl groups is 1. The van der Waals surface area contributed by atoms with Crippen LogP contribution in [-0.2, 0) is 6.42 Å². The number of hydrogen-bond acceptors (Lipinski definition) is 4. The van der Waals surface area contributed by atoms with Gasteiger partial charge in [0.05, 0.1) is 5.69 Å². The van der Waals surface area contributed by atoms with Gasteiger partial charge in [-0.25, -0.2) is 14.4 Å². The summed E-state index contributed by atoms with van der Waals surface area (Å²) in [4.78, 5) is 10.9. The van der Waals surface area contributed by atoms with Crippen molar-refractivity contribution < 1.29 is 13.9 Å². The number of hydrogen-bond donors (Lipinski definition) is 1. The number of rotatable bonds is 4. The van der Waals surface area contributed by atoms with Gasteiger partial charge in [-0.05, 0) is 67.5 Å². The van der Waals surface area contributed by atoms with Crippen molar-refractivity contribution in [3.8, 4) is 11.3 Å². The lowest BCUT2D eigenvalue weighted by Crippen LogP contribution is -2.37. The highest BCUT2D eigenvalue weighted by molar-refractivity contribution is 9.10. The average Bonchev–Trinajstić information content (AvgIpc) is 3.62. The van der Waals surface area contributed by atoms with Crippen molar-refractivity contribution in [1.29, 1.82) is 0 Å². The van der Waals surface area contributed by atoms with Gasteiger partial charge < -0.3 is 5.11 Å². The molecule has 1 unspecified atom stereocenters. The summed E-state index contributed by atoms with van der Waals surface area (Å²) >= 11 is 3.24. The molecule has 0 amide bonds. The van der Waals surface area contributed by atoms with Crippen LogP contribution in [0.5, 0.6) is 0 Å². The lowest BCUT2D eigenvalue weighted by atomic mass is 9.93. The molecule has 0 bridgehead atoms. The standard InChI is InChI=1S/C26H23BrF2N4O/c1-14-18-5-3-2-4-15(18)10-11-32(14)25(34)21-13-22(16-6-7-16)33-24(29)23(31-26(33)30-21)19-9-8-17(27)12-20(19)28/h2-5,8-9,12-14,16,25,34H,6-7,10-11H2,1H3/t14-,25?/m1/s1. The summed E-state index contributed by atoms with van der Waals surface area (Å²) in [6, 6.07) is 14.5. The number of aromatic nitrogens is 3. The van der Waals surface area contributed by atoms with E-state index in [-0.39, 0.29) is 29.0 Å². The smallest absolute Gasteiger partial charge is 0.237 e. The molecule has 1 saturated carbocycles. The van der Waals surface area contributed by atoms with E-state index in [1.807, 2.05) is 17.0 Å². The van der Waals surface area contributed by atoms with E-state index in [0.717, 1.165) is 25.0 Å². The summed E-state index contributed by atoms with van der Waals surface area (Å²) in [5.74, 6) is -0.891. The highest BCUT2D eigenvalue weighted by Crippen LogP contribution is 2.43. The van der Waals surface area contributed by atoms with Crippen LogP contribution in [0, 0.1) is 11.8 Å². The van der Waals surface area contributed by atoms with Gasteiger partial charge in [-0.2, -0.15) is 4.39 Å². The quantitative estimate of drug-likeness (QED) is 0.359. The Hall–Kier alpha value is -2.68. The molecule has 6 rings (SSSR count). The fraction of sp³-hybridized carbons (Fsp3) is 0.308. The Kier molecular flexibility index (Phi) is 5.28. The Bertz CT molecular complexity index is 1420. The number of halogens is 3. The van der Waals surface area contributed by atoms with Crippen LogP contribution >= 0.6 is 15.9 Å². The van der Waals surface area contributed by atoms with Gasteiger partial charge in [-0.15, -0.1) is 0 Å². The fourth-order valence-corrected chi connectivity index (χ4v) is 5.35. The summed E-state index contributed by atoms with van der Waals surface area (Å²) < 4.78 is 32.1. The SMILES string of the molecule is C[C@@H]1c2ccccc2CCN1C(O)c1cc(C2CC2)n2c(F)c(-c3ccc(Br)cc3F)nc2n1. The Morgan fingerprint density at radius 3 is 2.65 bits per heavy atom. The topological polar surface area (TPSA) is 53.7 Å². The van der Waals surface area contributed by atoms with Crippen molar-refractivity contribution in [3.05, 3.63) is 87.3 Å². The minimum Gasteiger partial charge on any atom is -0.372 e. The first-order valence-electron chi connectivity index (χ1n) is 11.5. The Morgan fingerprint density at radius 1 is 1.09 bits per heavy atom. The normalized spacial score (nSPS) is 19.4. The summed E-state index contributed by atoms with van der Waals surface area (Å²) in [5, 5.41) is 11.4. The second-order valence-electron chi connectivity index (χ2n) is 9.13. The van der Waals surface area contributed by atoms with Crippen LogP contribution in [0.25, 0.3) is 17.0 Å². The number of nitrogens with zero attached hydrogens (tertiary/aromatic N) is 4. The number of benzene rings is 2. The maximum absolute atomic E-state index is 15.6. The molecular weight excluding hydrogens is 502 g/mol. The molecule has 0 saturated heterocycles. The van der Waals surface area contributed by atoms with Crippen molar-refractivity contribution in [2.45, 2.75) is 44.4 Å². The highest BCUT2D eigenvalue weighted by atomic mass is 79.9. The zero-order chi connectivity index (χ0) is 23.6.